The van der Waals surface area contributed by atoms with Crippen molar-refractivity contribution in [3.63, 3.8) is 0 Å². The molecule has 0 aromatic rings. The molecule has 1 heterocycles. The summed E-state index contributed by atoms with van der Waals surface area (Å²) in [6, 6.07) is 0. The molecule has 1 rings (SSSR count). The van der Waals surface area contributed by atoms with Gasteiger partial charge in [0.1, 0.15) is 0 Å². The monoisotopic (exact) mass is 157 g/mol. The van der Waals surface area contributed by atoms with Gasteiger partial charge in [-0.2, -0.15) is 0 Å². The molecule has 0 aliphatic carbocycles. The predicted octanol–water partition coefficient (Wildman–Crippen LogP) is 0.310. The van der Waals surface area contributed by atoms with Gasteiger partial charge in [0.15, 0.2) is 5.76 Å². The van der Waals surface area contributed by atoms with Gasteiger partial charge in [0.25, 0.3) is 0 Å². The first kappa shape index (κ1) is 8.07. The van der Waals surface area contributed by atoms with Crippen LogP contribution in [0, 0.1) is 0 Å². The number of hydrogen-bond donors (Lipinski definition) is 0. The van der Waals surface area contributed by atoms with Gasteiger partial charge in [-0.25, -0.2) is 5.06 Å². The molecule has 0 bridgehead atoms. The zero-order valence-electron chi connectivity index (χ0n) is 6.66. The van der Waals surface area contributed by atoms with Crippen molar-refractivity contribution in [1.82, 2.24) is 5.06 Å². The second-order valence-electron chi connectivity index (χ2n) is 2.19. The summed E-state index contributed by atoms with van der Waals surface area (Å²) in [5.74, 6) is 0.152. The van der Waals surface area contributed by atoms with Crippen LogP contribution in [-0.4, -0.2) is 31.7 Å². The van der Waals surface area contributed by atoms with E-state index in [9.17, 15) is 4.79 Å². The standard InChI is InChI=1S/C7H11NO3/c1-8(10-2)7(9)6-4-3-5-11-6/h4H,3,5H2,1-2H3. The van der Waals surface area contributed by atoms with Gasteiger partial charge >= 0.3 is 5.91 Å². The first-order valence-corrected chi connectivity index (χ1v) is 3.41. The molecule has 0 saturated heterocycles. The quantitative estimate of drug-likeness (QED) is 0.541. The Balaban J connectivity index is 2.53. The van der Waals surface area contributed by atoms with Gasteiger partial charge in [-0.15, -0.1) is 0 Å². The van der Waals surface area contributed by atoms with Crippen molar-refractivity contribution < 1.29 is 14.4 Å². The molecule has 0 unspecified atom stereocenters. The minimum atomic E-state index is -0.231. The van der Waals surface area contributed by atoms with Gasteiger partial charge in [0.05, 0.1) is 13.7 Å². The number of ether oxygens (including phenoxy) is 1. The molecule has 0 spiro atoms. The zero-order chi connectivity index (χ0) is 8.27. The SMILES string of the molecule is CON(C)C(=O)C1=CCCO1. The second kappa shape index (κ2) is 3.39. The van der Waals surface area contributed by atoms with Gasteiger partial charge in [0, 0.05) is 13.5 Å². The predicted molar refractivity (Wildman–Crippen MR) is 38.4 cm³/mol. The van der Waals surface area contributed by atoms with Gasteiger partial charge in [-0.3, -0.25) is 9.63 Å². The lowest BCUT2D eigenvalue weighted by Gasteiger charge is -2.13. The number of hydrogen-bond acceptors (Lipinski definition) is 3. The molecule has 0 aromatic carbocycles. The molecule has 0 radical (unpaired) electrons. The maximum atomic E-state index is 11.2. The third kappa shape index (κ3) is 1.71. The van der Waals surface area contributed by atoms with Crippen molar-refractivity contribution in [3.8, 4) is 0 Å². The Bertz CT molecular complexity index is 188. The van der Waals surface area contributed by atoms with Crippen LogP contribution >= 0.6 is 0 Å². The molecule has 0 fully saturated rings. The highest BCUT2D eigenvalue weighted by Crippen LogP contribution is 2.11. The number of rotatable bonds is 2. The smallest absolute Gasteiger partial charge is 0.311 e. The largest absolute Gasteiger partial charge is 0.488 e. The molecule has 1 aliphatic heterocycles. The third-order valence-corrected chi connectivity index (χ3v) is 1.48. The minimum Gasteiger partial charge on any atom is -0.488 e. The average molecular weight is 157 g/mol. The highest BCUT2D eigenvalue weighted by molar-refractivity contribution is 5.90. The number of hydroxylamine groups is 2. The van der Waals surface area contributed by atoms with E-state index in [-0.39, 0.29) is 5.91 Å². The lowest BCUT2D eigenvalue weighted by atomic mass is 10.4. The van der Waals surface area contributed by atoms with Crippen LogP contribution in [0.4, 0.5) is 0 Å². The summed E-state index contributed by atoms with van der Waals surface area (Å²) < 4.78 is 5.03. The first-order valence-electron chi connectivity index (χ1n) is 3.41. The van der Waals surface area contributed by atoms with Gasteiger partial charge < -0.3 is 4.74 Å². The first-order chi connectivity index (χ1) is 5.25. The highest BCUT2D eigenvalue weighted by Gasteiger charge is 2.18. The molecule has 0 saturated carbocycles. The lowest BCUT2D eigenvalue weighted by molar-refractivity contribution is -0.167. The van der Waals surface area contributed by atoms with Crippen molar-refractivity contribution in [3.05, 3.63) is 11.8 Å². The summed E-state index contributed by atoms with van der Waals surface area (Å²) >= 11 is 0. The normalized spacial score (nSPS) is 15.6. The Labute approximate surface area is 65.3 Å². The molecule has 11 heavy (non-hydrogen) atoms. The molecule has 0 N–H and O–H groups in total. The van der Waals surface area contributed by atoms with Gasteiger partial charge in [0.2, 0.25) is 0 Å². The van der Waals surface area contributed by atoms with Crippen LogP contribution in [0.5, 0.6) is 0 Å². The molecular weight excluding hydrogens is 146 g/mol. The minimum absolute atomic E-state index is 0.231. The van der Waals surface area contributed by atoms with E-state index in [0.717, 1.165) is 11.5 Å². The van der Waals surface area contributed by atoms with Gasteiger partial charge in [-0.1, -0.05) is 0 Å². The van der Waals surface area contributed by atoms with Crippen LogP contribution in [-0.2, 0) is 14.4 Å². The molecule has 0 atom stereocenters. The summed E-state index contributed by atoms with van der Waals surface area (Å²) in [5.41, 5.74) is 0. The van der Waals surface area contributed by atoms with Crippen molar-refractivity contribution >= 4 is 5.91 Å². The number of carbonyl (C=O) groups excluding carboxylic acids is 1. The molecule has 62 valence electrons. The van der Waals surface area contributed by atoms with Crippen molar-refractivity contribution in [2.75, 3.05) is 20.8 Å². The maximum absolute atomic E-state index is 11.2. The highest BCUT2D eigenvalue weighted by atomic mass is 16.7. The van der Waals surface area contributed by atoms with E-state index < -0.39 is 0 Å². The van der Waals surface area contributed by atoms with Crippen LogP contribution < -0.4 is 0 Å². The number of nitrogens with zero attached hydrogens (tertiary/aromatic N) is 1. The van der Waals surface area contributed by atoms with E-state index in [0.29, 0.717) is 12.4 Å². The van der Waals surface area contributed by atoms with Crippen LogP contribution in [0.25, 0.3) is 0 Å². The molecule has 1 amide bonds. The summed E-state index contributed by atoms with van der Waals surface area (Å²) in [5, 5.41) is 1.14. The average Bonchev–Trinajstić information content (AvgIpc) is 2.53. The lowest BCUT2D eigenvalue weighted by Crippen LogP contribution is -2.26. The van der Waals surface area contributed by atoms with E-state index in [1.165, 1.54) is 7.11 Å². The summed E-state index contributed by atoms with van der Waals surface area (Å²) in [6.45, 7) is 0.596. The fourth-order valence-corrected chi connectivity index (χ4v) is 0.805. The fraction of sp³-hybridized carbons (Fsp3) is 0.571. The second-order valence-corrected chi connectivity index (χ2v) is 2.19. The molecule has 4 nitrogen and oxygen atoms in total. The fourth-order valence-electron chi connectivity index (χ4n) is 0.805. The Hall–Kier alpha value is -1.03. The zero-order valence-corrected chi connectivity index (χ0v) is 6.66. The maximum Gasteiger partial charge on any atom is 0.311 e. The van der Waals surface area contributed by atoms with Crippen LogP contribution in [0.3, 0.4) is 0 Å². The van der Waals surface area contributed by atoms with Crippen LogP contribution in [0.2, 0.25) is 0 Å². The van der Waals surface area contributed by atoms with Crippen LogP contribution in [0.15, 0.2) is 11.8 Å². The summed E-state index contributed by atoms with van der Waals surface area (Å²) in [6.07, 6.45) is 2.57. The molecular formula is C7H11NO3. The van der Waals surface area contributed by atoms with E-state index >= 15 is 0 Å². The van der Waals surface area contributed by atoms with E-state index in [4.69, 9.17) is 4.74 Å². The van der Waals surface area contributed by atoms with E-state index in [1.54, 1.807) is 13.1 Å². The Morgan fingerprint density at radius 3 is 3.00 bits per heavy atom. The van der Waals surface area contributed by atoms with Crippen LogP contribution in [0.1, 0.15) is 6.42 Å². The number of amides is 1. The topological polar surface area (TPSA) is 38.8 Å². The van der Waals surface area contributed by atoms with Crippen molar-refractivity contribution in [1.29, 1.82) is 0 Å². The van der Waals surface area contributed by atoms with E-state index in [1.807, 2.05) is 0 Å². The molecule has 1 aliphatic rings. The molecule has 0 aromatic heterocycles. The molecule has 4 heteroatoms. The number of likely N-dealkylation sites (N-methyl/N-ethyl adjacent to an activating group) is 1. The Morgan fingerprint density at radius 1 is 1.82 bits per heavy atom. The van der Waals surface area contributed by atoms with Crippen molar-refractivity contribution in [2.24, 2.45) is 0 Å². The number of carbonyl (C=O) groups is 1. The summed E-state index contributed by atoms with van der Waals surface area (Å²) in [4.78, 5) is 15.9. The van der Waals surface area contributed by atoms with Gasteiger partial charge in [-0.05, 0) is 6.08 Å². The van der Waals surface area contributed by atoms with E-state index in [2.05, 4.69) is 4.84 Å². The Kier molecular flexibility index (Phi) is 2.48. The Morgan fingerprint density at radius 2 is 2.55 bits per heavy atom. The van der Waals surface area contributed by atoms with Crippen molar-refractivity contribution in [2.45, 2.75) is 6.42 Å². The third-order valence-electron chi connectivity index (χ3n) is 1.48. The summed E-state index contributed by atoms with van der Waals surface area (Å²) in [7, 11) is 2.98.